The first-order chi connectivity index (χ1) is 13.4. The van der Waals surface area contributed by atoms with Crippen LogP contribution >= 0.6 is 0 Å². The van der Waals surface area contributed by atoms with E-state index in [1.54, 1.807) is 12.1 Å². The monoisotopic (exact) mass is 384 g/mol. The Labute approximate surface area is 166 Å². The number of ketones is 1. The standard InChI is InChI=1S/C22H29FN4O/c1-22(2)14-20-18(21(28)15-22)13-19(16-3-5-17(23)6-4-16)25-27(20)12-11-26-9-7-24-8-10-26/h3-6,24H,7-15H2,1-2H3. The Morgan fingerprint density at radius 2 is 1.82 bits per heavy atom. The van der Waals surface area contributed by atoms with E-state index in [4.69, 9.17) is 5.10 Å². The highest BCUT2D eigenvalue weighted by Crippen LogP contribution is 2.41. The van der Waals surface area contributed by atoms with Crippen LogP contribution in [0.4, 0.5) is 4.39 Å². The third-order valence-electron chi connectivity index (χ3n) is 5.88. The molecule has 6 heteroatoms. The summed E-state index contributed by atoms with van der Waals surface area (Å²) in [6, 6.07) is 6.42. The second-order valence-electron chi connectivity index (χ2n) is 8.81. The minimum Gasteiger partial charge on any atom is -0.314 e. The van der Waals surface area contributed by atoms with Crippen LogP contribution in [0.25, 0.3) is 0 Å². The minimum atomic E-state index is -0.258. The summed E-state index contributed by atoms with van der Waals surface area (Å²) in [7, 11) is 0. The van der Waals surface area contributed by atoms with Gasteiger partial charge >= 0.3 is 0 Å². The summed E-state index contributed by atoms with van der Waals surface area (Å²) in [5, 5.41) is 10.4. The molecule has 1 aromatic carbocycles. The highest BCUT2D eigenvalue weighted by atomic mass is 19.1. The van der Waals surface area contributed by atoms with Crippen LogP contribution in [0.3, 0.4) is 0 Å². The smallest absolute Gasteiger partial charge is 0.161 e. The molecule has 1 N–H and O–H groups in total. The van der Waals surface area contributed by atoms with E-state index in [1.165, 1.54) is 12.1 Å². The van der Waals surface area contributed by atoms with Crippen molar-refractivity contribution in [1.82, 2.24) is 15.2 Å². The molecular weight excluding hydrogens is 355 g/mol. The van der Waals surface area contributed by atoms with E-state index in [9.17, 15) is 9.18 Å². The SMILES string of the molecule is CC1(C)CC(=O)C2=C(C1)N(CCN1CCNCC1)N=C(c1ccc(F)cc1)C2. The van der Waals surface area contributed by atoms with Crippen molar-refractivity contribution in [3.63, 3.8) is 0 Å². The predicted molar refractivity (Wildman–Crippen MR) is 109 cm³/mol. The van der Waals surface area contributed by atoms with Gasteiger partial charge in [-0.1, -0.05) is 26.0 Å². The van der Waals surface area contributed by atoms with Gasteiger partial charge in [0.2, 0.25) is 0 Å². The Morgan fingerprint density at radius 1 is 1.11 bits per heavy atom. The number of carbonyl (C=O) groups is 1. The molecule has 0 amide bonds. The van der Waals surface area contributed by atoms with Crippen molar-refractivity contribution in [2.24, 2.45) is 10.5 Å². The third kappa shape index (κ3) is 4.18. The van der Waals surface area contributed by atoms with Crippen LogP contribution in [0.2, 0.25) is 0 Å². The first kappa shape index (κ1) is 19.3. The molecule has 28 heavy (non-hydrogen) atoms. The lowest BCUT2D eigenvalue weighted by atomic mass is 9.74. The Hall–Kier alpha value is -2.05. The molecule has 0 radical (unpaired) electrons. The van der Waals surface area contributed by atoms with Gasteiger partial charge in [-0.3, -0.25) is 14.7 Å². The third-order valence-corrected chi connectivity index (χ3v) is 5.88. The summed E-state index contributed by atoms with van der Waals surface area (Å²) in [4.78, 5) is 15.3. The van der Waals surface area contributed by atoms with Gasteiger partial charge in [-0.2, -0.15) is 5.10 Å². The maximum Gasteiger partial charge on any atom is 0.161 e. The fourth-order valence-corrected chi connectivity index (χ4v) is 4.34. The van der Waals surface area contributed by atoms with Crippen molar-refractivity contribution >= 4 is 11.5 Å². The molecule has 0 bridgehead atoms. The lowest BCUT2D eigenvalue weighted by molar-refractivity contribution is -0.118. The molecule has 0 spiro atoms. The minimum absolute atomic E-state index is 0.0356. The molecular formula is C22H29FN4O. The molecule has 1 saturated heterocycles. The normalized spacial score (nSPS) is 22.9. The molecule has 3 aliphatic rings. The molecule has 5 nitrogen and oxygen atoms in total. The van der Waals surface area contributed by atoms with E-state index in [2.05, 4.69) is 29.1 Å². The van der Waals surface area contributed by atoms with Crippen molar-refractivity contribution < 1.29 is 9.18 Å². The van der Waals surface area contributed by atoms with Gasteiger partial charge in [0.05, 0.1) is 12.3 Å². The van der Waals surface area contributed by atoms with Gasteiger partial charge in [0, 0.05) is 56.8 Å². The van der Waals surface area contributed by atoms with E-state index < -0.39 is 0 Å². The van der Waals surface area contributed by atoms with Crippen molar-refractivity contribution in [3.8, 4) is 0 Å². The summed E-state index contributed by atoms with van der Waals surface area (Å²) in [6.45, 7) is 10.1. The summed E-state index contributed by atoms with van der Waals surface area (Å²) >= 11 is 0. The number of piperazine rings is 1. The molecule has 2 heterocycles. The first-order valence-corrected chi connectivity index (χ1v) is 10.2. The van der Waals surface area contributed by atoms with Gasteiger partial charge in [0.15, 0.2) is 5.78 Å². The number of carbonyl (C=O) groups excluding carboxylic acids is 1. The lowest BCUT2D eigenvalue weighted by Crippen LogP contribution is -2.46. The second kappa shape index (κ2) is 7.76. The zero-order chi connectivity index (χ0) is 19.7. The average Bonchev–Trinajstić information content (AvgIpc) is 2.67. The number of benzene rings is 1. The van der Waals surface area contributed by atoms with Crippen LogP contribution in [0.15, 0.2) is 40.6 Å². The summed E-state index contributed by atoms with van der Waals surface area (Å²) < 4.78 is 13.3. The lowest BCUT2D eigenvalue weighted by Gasteiger charge is -2.40. The van der Waals surface area contributed by atoms with Crippen molar-refractivity contribution in [2.75, 3.05) is 39.3 Å². The average molecular weight is 384 g/mol. The summed E-state index contributed by atoms with van der Waals surface area (Å²) in [5.41, 5.74) is 3.69. The van der Waals surface area contributed by atoms with Crippen molar-refractivity contribution in [1.29, 1.82) is 0 Å². The number of hydrazone groups is 1. The van der Waals surface area contributed by atoms with Crippen LogP contribution in [0.1, 0.15) is 38.7 Å². The Balaban J connectivity index is 1.61. The van der Waals surface area contributed by atoms with Crippen LogP contribution in [0.5, 0.6) is 0 Å². The maximum atomic E-state index is 13.3. The molecule has 2 aliphatic heterocycles. The van der Waals surface area contributed by atoms with Crippen LogP contribution in [-0.4, -0.2) is 60.7 Å². The van der Waals surface area contributed by atoms with E-state index >= 15 is 0 Å². The molecule has 0 unspecified atom stereocenters. The van der Waals surface area contributed by atoms with Crippen molar-refractivity contribution in [2.45, 2.75) is 33.1 Å². The number of nitrogens with zero attached hydrogens (tertiary/aromatic N) is 3. The topological polar surface area (TPSA) is 47.9 Å². The largest absolute Gasteiger partial charge is 0.314 e. The highest BCUT2D eigenvalue weighted by molar-refractivity contribution is 6.09. The summed E-state index contributed by atoms with van der Waals surface area (Å²) in [5.74, 6) is -0.0287. The molecule has 150 valence electrons. The number of halogens is 1. The van der Waals surface area contributed by atoms with E-state index in [0.29, 0.717) is 12.8 Å². The number of rotatable bonds is 4. The van der Waals surface area contributed by atoms with Crippen LogP contribution in [0, 0.1) is 11.2 Å². The number of allylic oxidation sites excluding steroid dienone is 2. The number of Topliss-reactive ketones (excluding diaryl/α,β-unsaturated/α-hetero) is 1. The van der Waals surface area contributed by atoms with E-state index in [1.807, 2.05) is 0 Å². The molecule has 0 saturated carbocycles. The number of hydrogen-bond donors (Lipinski definition) is 1. The Bertz CT molecular complexity index is 806. The highest BCUT2D eigenvalue weighted by Gasteiger charge is 2.37. The quantitative estimate of drug-likeness (QED) is 0.867. The van der Waals surface area contributed by atoms with Gasteiger partial charge in [-0.05, 0) is 29.5 Å². The van der Waals surface area contributed by atoms with Gasteiger partial charge < -0.3 is 5.32 Å². The molecule has 0 atom stereocenters. The Morgan fingerprint density at radius 3 is 2.54 bits per heavy atom. The van der Waals surface area contributed by atoms with Crippen LogP contribution < -0.4 is 5.32 Å². The fraction of sp³-hybridized carbons (Fsp3) is 0.545. The van der Waals surface area contributed by atoms with Gasteiger partial charge in [0.25, 0.3) is 0 Å². The zero-order valence-electron chi connectivity index (χ0n) is 16.8. The number of nitrogens with one attached hydrogen (secondary N) is 1. The Kier molecular flexibility index (Phi) is 5.34. The van der Waals surface area contributed by atoms with Gasteiger partial charge in [-0.15, -0.1) is 0 Å². The molecule has 1 aromatic rings. The second-order valence-corrected chi connectivity index (χ2v) is 8.81. The van der Waals surface area contributed by atoms with Gasteiger partial charge in [0.1, 0.15) is 5.82 Å². The maximum absolute atomic E-state index is 13.3. The zero-order valence-corrected chi connectivity index (χ0v) is 16.8. The van der Waals surface area contributed by atoms with E-state index in [-0.39, 0.29) is 17.0 Å². The van der Waals surface area contributed by atoms with Gasteiger partial charge in [-0.25, -0.2) is 4.39 Å². The van der Waals surface area contributed by atoms with Crippen molar-refractivity contribution in [3.05, 3.63) is 46.9 Å². The first-order valence-electron chi connectivity index (χ1n) is 10.2. The number of hydrogen-bond acceptors (Lipinski definition) is 5. The predicted octanol–water partition coefficient (Wildman–Crippen LogP) is 2.78. The summed E-state index contributed by atoms with van der Waals surface area (Å²) in [6.07, 6.45) is 1.99. The fourth-order valence-electron chi connectivity index (χ4n) is 4.34. The molecule has 4 rings (SSSR count). The van der Waals surface area contributed by atoms with Crippen LogP contribution in [-0.2, 0) is 4.79 Å². The molecule has 1 aliphatic carbocycles. The van der Waals surface area contributed by atoms with E-state index in [0.717, 1.165) is 68.2 Å². The molecule has 0 aromatic heterocycles. The molecule has 1 fully saturated rings.